The zero-order chi connectivity index (χ0) is 26.0. The molecule has 0 saturated heterocycles. The Kier molecular flexibility index (Phi) is 6.71. The van der Waals surface area contributed by atoms with Crippen LogP contribution in [0.25, 0.3) is 0 Å². The number of nitrogens with zero attached hydrogens (tertiary/aromatic N) is 4. The summed E-state index contributed by atoms with van der Waals surface area (Å²) in [6.07, 6.45) is -0.00915. The predicted octanol–water partition coefficient (Wildman–Crippen LogP) is 5.14. The molecular weight excluding hydrogens is 506 g/mol. The van der Waals surface area contributed by atoms with Crippen molar-refractivity contribution in [2.24, 2.45) is 0 Å². The van der Waals surface area contributed by atoms with Crippen LogP contribution in [0.15, 0.2) is 67.1 Å². The van der Waals surface area contributed by atoms with Gasteiger partial charge >= 0.3 is 12.2 Å². The molecule has 0 unspecified atom stereocenters. The average molecular weight is 520 g/mol. The number of benzene rings is 1. The van der Waals surface area contributed by atoms with Crippen LogP contribution in [-0.4, -0.2) is 39.3 Å². The first-order valence-corrected chi connectivity index (χ1v) is 10.5. The fraction of sp³-hybridized carbons (Fsp3) is 0.0870. The quantitative estimate of drug-likeness (QED) is 0.482. The highest BCUT2D eigenvalue weighted by molar-refractivity contribution is 6.30. The lowest BCUT2D eigenvalue weighted by atomic mass is 10.0. The number of alkyl halides is 3. The molecule has 4 rings (SSSR count). The third kappa shape index (κ3) is 5.03. The Bertz CT molecular complexity index is 1360. The molecule has 1 aromatic carbocycles. The molecule has 0 atom stereocenters. The van der Waals surface area contributed by atoms with E-state index in [9.17, 15) is 31.9 Å². The van der Waals surface area contributed by atoms with E-state index in [1.165, 1.54) is 42.7 Å². The van der Waals surface area contributed by atoms with Gasteiger partial charge in [-0.25, -0.2) is 19.2 Å². The van der Waals surface area contributed by atoms with Gasteiger partial charge in [-0.15, -0.1) is 0 Å². The van der Waals surface area contributed by atoms with Crippen molar-refractivity contribution in [1.29, 1.82) is 0 Å². The molecule has 0 bridgehead atoms. The average Bonchev–Trinajstić information content (AvgIpc) is 2.84. The lowest BCUT2D eigenvalue weighted by Crippen LogP contribution is -2.47. The number of aromatic nitrogens is 2. The summed E-state index contributed by atoms with van der Waals surface area (Å²) in [7, 11) is 0. The standard InChI is InChI=1S/C23H14ClF4N5O3/c24-14-6-7-17(29-12-14)31-20(34)13-5-8-18(30-11-13)32-9-2-10-33(22(32)36)21(35)15-3-1-4-16(25)19(15)23(26,27)28/h1-9,11-12H,10H2,(H,29,31,34). The van der Waals surface area contributed by atoms with Crippen molar-refractivity contribution in [2.75, 3.05) is 16.8 Å². The van der Waals surface area contributed by atoms with Crippen LogP contribution in [0, 0.1) is 5.82 Å². The van der Waals surface area contributed by atoms with E-state index in [2.05, 4.69) is 15.3 Å². The highest BCUT2D eigenvalue weighted by Gasteiger charge is 2.41. The molecule has 1 N–H and O–H groups in total. The number of halogens is 5. The van der Waals surface area contributed by atoms with Crippen LogP contribution in [-0.2, 0) is 6.18 Å². The summed E-state index contributed by atoms with van der Waals surface area (Å²) in [6.45, 7) is -0.337. The van der Waals surface area contributed by atoms with E-state index in [0.717, 1.165) is 23.2 Å². The van der Waals surface area contributed by atoms with E-state index in [-0.39, 0.29) is 23.7 Å². The molecule has 8 nitrogen and oxygen atoms in total. The summed E-state index contributed by atoms with van der Waals surface area (Å²) >= 11 is 5.75. The zero-order valence-corrected chi connectivity index (χ0v) is 18.7. The molecule has 184 valence electrons. The van der Waals surface area contributed by atoms with Crippen LogP contribution in [0.4, 0.5) is 34.0 Å². The van der Waals surface area contributed by atoms with Crippen molar-refractivity contribution in [2.45, 2.75) is 6.18 Å². The molecule has 13 heteroatoms. The maximum atomic E-state index is 13.9. The number of hydrogen-bond acceptors (Lipinski definition) is 5. The monoisotopic (exact) mass is 519 g/mol. The van der Waals surface area contributed by atoms with E-state index in [4.69, 9.17) is 11.6 Å². The van der Waals surface area contributed by atoms with Gasteiger partial charge in [0.2, 0.25) is 0 Å². The molecule has 1 aliphatic rings. The van der Waals surface area contributed by atoms with Gasteiger partial charge in [0.1, 0.15) is 23.0 Å². The van der Waals surface area contributed by atoms with Crippen LogP contribution in [0.3, 0.4) is 0 Å². The molecule has 2 aromatic heterocycles. The molecule has 0 saturated carbocycles. The van der Waals surface area contributed by atoms with Gasteiger partial charge in [0.05, 0.1) is 22.7 Å². The second-order valence-electron chi connectivity index (χ2n) is 7.33. The summed E-state index contributed by atoms with van der Waals surface area (Å²) in [5.74, 6) is -3.27. The van der Waals surface area contributed by atoms with Gasteiger partial charge < -0.3 is 5.32 Å². The lowest BCUT2D eigenvalue weighted by Gasteiger charge is -2.30. The van der Waals surface area contributed by atoms with Gasteiger partial charge in [0.25, 0.3) is 11.8 Å². The maximum absolute atomic E-state index is 13.9. The molecule has 36 heavy (non-hydrogen) atoms. The number of carbonyl (C=O) groups is 3. The molecule has 0 spiro atoms. The smallest absolute Gasteiger partial charge is 0.307 e. The van der Waals surface area contributed by atoms with Crippen LogP contribution in [0.1, 0.15) is 26.3 Å². The van der Waals surface area contributed by atoms with E-state index >= 15 is 0 Å². The van der Waals surface area contributed by atoms with Gasteiger partial charge in [-0.1, -0.05) is 17.7 Å². The lowest BCUT2D eigenvalue weighted by molar-refractivity contribution is -0.140. The third-order valence-electron chi connectivity index (χ3n) is 4.98. The predicted molar refractivity (Wildman–Crippen MR) is 121 cm³/mol. The molecule has 0 aliphatic carbocycles. The fourth-order valence-corrected chi connectivity index (χ4v) is 3.42. The van der Waals surface area contributed by atoms with Crippen molar-refractivity contribution in [3.8, 4) is 0 Å². The van der Waals surface area contributed by atoms with Crippen molar-refractivity contribution in [3.63, 3.8) is 0 Å². The summed E-state index contributed by atoms with van der Waals surface area (Å²) in [5, 5.41) is 2.92. The van der Waals surface area contributed by atoms with Crippen LogP contribution in [0.2, 0.25) is 5.02 Å². The minimum absolute atomic E-state index is 0.00907. The number of pyridine rings is 2. The molecule has 0 fully saturated rings. The topological polar surface area (TPSA) is 95.5 Å². The number of imide groups is 1. The van der Waals surface area contributed by atoms with E-state index < -0.39 is 41.0 Å². The number of amides is 4. The SMILES string of the molecule is O=C(Nc1ccc(Cl)cn1)c1ccc(N2C=CCN(C(=O)c3cccc(F)c3C(F)(F)F)C2=O)nc1. The Balaban J connectivity index is 1.53. The Morgan fingerprint density at radius 1 is 1.03 bits per heavy atom. The first-order valence-electron chi connectivity index (χ1n) is 10.1. The normalized spacial score (nSPS) is 13.6. The Labute approximate surface area is 205 Å². The summed E-state index contributed by atoms with van der Waals surface area (Å²) in [5.41, 5.74) is -2.64. The van der Waals surface area contributed by atoms with E-state index in [1.807, 2.05) is 0 Å². The van der Waals surface area contributed by atoms with Crippen molar-refractivity contribution >= 4 is 41.1 Å². The molecule has 1 aliphatic heterocycles. The first-order chi connectivity index (χ1) is 17.1. The number of urea groups is 1. The number of nitrogens with one attached hydrogen (secondary N) is 1. The minimum Gasteiger partial charge on any atom is -0.307 e. The molecule has 3 heterocycles. The maximum Gasteiger partial charge on any atom is 0.420 e. The summed E-state index contributed by atoms with van der Waals surface area (Å²) < 4.78 is 54.0. The highest BCUT2D eigenvalue weighted by Crippen LogP contribution is 2.35. The van der Waals surface area contributed by atoms with Crippen LogP contribution in [0.5, 0.6) is 0 Å². The van der Waals surface area contributed by atoms with Crippen LogP contribution < -0.4 is 10.2 Å². The number of hydrogen-bond donors (Lipinski definition) is 1. The Morgan fingerprint density at radius 3 is 2.44 bits per heavy atom. The summed E-state index contributed by atoms with van der Waals surface area (Å²) in [4.78, 5) is 47.6. The fourth-order valence-electron chi connectivity index (χ4n) is 3.31. The third-order valence-corrected chi connectivity index (χ3v) is 5.20. The highest BCUT2D eigenvalue weighted by atomic mass is 35.5. The molecular formula is C23H14ClF4N5O3. The van der Waals surface area contributed by atoms with Crippen molar-refractivity contribution in [1.82, 2.24) is 14.9 Å². The minimum atomic E-state index is -5.15. The van der Waals surface area contributed by atoms with Gasteiger partial charge in [0, 0.05) is 18.6 Å². The largest absolute Gasteiger partial charge is 0.420 e. The zero-order valence-electron chi connectivity index (χ0n) is 18.0. The first kappa shape index (κ1) is 24.8. The molecule has 0 radical (unpaired) electrons. The van der Waals surface area contributed by atoms with Crippen molar-refractivity contribution < 1.29 is 31.9 Å². The molecule has 4 amide bonds. The van der Waals surface area contributed by atoms with Crippen molar-refractivity contribution in [3.05, 3.63) is 94.7 Å². The second kappa shape index (κ2) is 9.74. The van der Waals surface area contributed by atoms with Gasteiger partial charge in [-0.3, -0.25) is 19.4 Å². The Hall–Kier alpha value is -4.32. The summed E-state index contributed by atoms with van der Waals surface area (Å²) in [6, 6.07) is 7.01. The molecule has 3 aromatic rings. The second-order valence-corrected chi connectivity index (χ2v) is 7.77. The Morgan fingerprint density at radius 2 is 1.81 bits per heavy atom. The van der Waals surface area contributed by atoms with E-state index in [0.29, 0.717) is 16.0 Å². The van der Waals surface area contributed by atoms with Gasteiger partial charge in [-0.2, -0.15) is 13.2 Å². The van der Waals surface area contributed by atoms with E-state index in [1.54, 1.807) is 0 Å². The van der Waals surface area contributed by atoms with Gasteiger partial charge in [-0.05, 0) is 42.5 Å². The number of carbonyl (C=O) groups excluding carboxylic acids is 3. The number of anilines is 2. The van der Waals surface area contributed by atoms with Gasteiger partial charge in [0.15, 0.2) is 0 Å². The number of rotatable bonds is 4. The van der Waals surface area contributed by atoms with Crippen LogP contribution >= 0.6 is 11.6 Å².